The van der Waals surface area contributed by atoms with E-state index in [1.165, 1.54) is 17.1 Å². The summed E-state index contributed by atoms with van der Waals surface area (Å²) in [6.45, 7) is 1.73. The Morgan fingerprint density at radius 3 is 2.75 bits per heavy atom. The van der Waals surface area contributed by atoms with Gasteiger partial charge < -0.3 is 15.7 Å². The molecule has 0 aliphatic carbocycles. The molecule has 0 radical (unpaired) electrons. The Balaban J connectivity index is 1.71. The highest BCUT2D eigenvalue weighted by molar-refractivity contribution is 6.30. The number of hydrogen-bond acceptors (Lipinski definition) is 7. The van der Waals surface area contributed by atoms with Crippen LogP contribution in [0.4, 0.5) is 0 Å². The SMILES string of the molecule is Cc1c(/C(C=N)=C/N)cnn(Cc2nc(CCc3ccc(Cl)cc3)no2)c1=O. The molecule has 28 heavy (non-hydrogen) atoms. The van der Waals surface area contributed by atoms with Crippen LogP contribution >= 0.6 is 11.6 Å². The zero-order valence-electron chi connectivity index (χ0n) is 15.2. The van der Waals surface area contributed by atoms with Crippen LogP contribution in [0.3, 0.4) is 0 Å². The number of nitrogens with one attached hydrogen (secondary N) is 1. The first-order valence-corrected chi connectivity index (χ1v) is 8.95. The lowest BCUT2D eigenvalue weighted by Gasteiger charge is -2.07. The Kier molecular flexibility index (Phi) is 6.00. The zero-order valence-corrected chi connectivity index (χ0v) is 16.0. The van der Waals surface area contributed by atoms with E-state index in [0.717, 1.165) is 18.2 Å². The number of allylic oxidation sites excluding steroid dienone is 1. The summed E-state index contributed by atoms with van der Waals surface area (Å²) in [5.41, 5.74) is 7.69. The van der Waals surface area contributed by atoms with Gasteiger partial charge in [0.25, 0.3) is 5.56 Å². The molecule has 2 aromatic heterocycles. The predicted octanol–water partition coefficient (Wildman–Crippen LogP) is 2.37. The molecule has 0 atom stereocenters. The van der Waals surface area contributed by atoms with Gasteiger partial charge in [-0.05, 0) is 31.0 Å². The first kappa shape index (κ1) is 19.5. The quantitative estimate of drug-likeness (QED) is 0.589. The monoisotopic (exact) mass is 398 g/mol. The van der Waals surface area contributed by atoms with E-state index in [2.05, 4.69) is 15.2 Å². The molecule has 0 aliphatic heterocycles. The van der Waals surface area contributed by atoms with Crippen LogP contribution in [0.5, 0.6) is 0 Å². The summed E-state index contributed by atoms with van der Waals surface area (Å²) in [6, 6.07) is 7.59. The molecular formula is C19H19ClN6O2. The van der Waals surface area contributed by atoms with Crippen molar-refractivity contribution >= 4 is 23.4 Å². The number of nitrogens with two attached hydrogens (primary N) is 1. The van der Waals surface area contributed by atoms with Gasteiger partial charge in [-0.15, -0.1) is 0 Å². The number of hydrogen-bond donors (Lipinski definition) is 2. The van der Waals surface area contributed by atoms with Crippen LogP contribution in [0.15, 0.2) is 46.0 Å². The van der Waals surface area contributed by atoms with Crippen LogP contribution in [0.2, 0.25) is 5.02 Å². The molecule has 3 rings (SSSR count). The van der Waals surface area contributed by atoms with Crippen LogP contribution in [0.25, 0.3) is 5.57 Å². The minimum atomic E-state index is -0.306. The Morgan fingerprint density at radius 2 is 2.07 bits per heavy atom. The third kappa shape index (κ3) is 4.34. The maximum Gasteiger partial charge on any atom is 0.270 e. The molecule has 144 valence electrons. The van der Waals surface area contributed by atoms with Gasteiger partial charge in [0, 0.05) is 40.6 Å². The van der Waals surface area contributed by atoms with Crippen LogP contribution in [-0.2, 0) is 19.4 Å². The van der Waals surface area contributed by atoms with Crippen LogP contribution in [0.1, 0.15) is 28.4 Å². The largest absolute Gasteiger partial charge is 0.404 e. The molecular weight excluding hydrogens is 380 g/mol. The molecule has 0 aliphatic rings. The number of halogens is 1. The average Bonchev–Trinajstić information content (AvgIpc) is 3.15. The maximum absolute atomic E-state index is 12.5. The third-order valence-corrected chi connectivity index (χ3v) is 4.53. The van der Waals surface area contributed by atoms with Crippen molar-refractivity contribution in [2.24, 2.45) is 5.73 Å². The molecule has 0 amide bonds. The summed E-state index contributed by atoms with van der Waals surface area (Å²) in [6.07, 6.45) is 5.21. The van der Waals surface area contributed by atoms with Crippen LogP contribution in [-0.4, -0.2) is 26.1 Å². The van der Waals surface area contributed by atoms with E-state index in [9.17, 15) is 4.79 Å². The minimum Gasteiger partial charge on any atom is -0.404 e. The number of nitrogens with zero attached hydrogens (tertiary/aromatic N) is 4. The fourth-order valence-electron chi connectivity index (χ4n) is 2.70. The molecule has 2 heterocycles. The van der Waals surface area contributed by atoms with Crippen molar-refractivity contribution in [2.45, 2.75) is 26.3 Å². The number of rotatable bonds is 7. The molecule has 1 aromatic carbocycles. The molecule has 8 nitrogen and oxygen atoms in total. The Hall–Kier alpha value is -3.26. The van der Waals surface area contributed by atoms with E-state index in [1.807, 2.05) is 24.3 Å². The standard InChI is InChI=1S/C19H19ClN6O2/c1-12-16(14(8-21)9-22)10-23-26(19(12)27)11-18-24-17(25-28-18)7-4-13-2-5-15(20)6-3-13/h2-3,5-6,8-10,21H,4,7,11,22H2,1H3/b14-9+,21-8?. The van der Waals surface area contributed by atoms with Gasteiger partial charge in [-0.3, -0.25) is 4.79 Å². The number of aryl methyl sites for hydroxylation is 2. The van der Waals surface area contributed by atoms with Crippen molar-refractivity contribution < 1.29 is 4.52 Å². The zero-order chi connectivity index (χ0) is 20.1. The van der Waals surface area contributed by atoms with Crippen LogP contribution < -0.4 is 11.3 Å². The molecule has 0 bridgehead atoms. The van der Waals surface area contributed by atoms with E-state index >= 15 is 0 Å². The predicted molar refractivity (Wildman–Crippen MR) is 106 cm³/mol. The minimum absolute atomic E-state index is 0.0696. The highest BCUT2D eigenvalue weighted by Crippen LogP contribution is 2.13. The molecule has 0 unspecified atom stereocenters. The molecule has 0 saturated carbocycles. The summed E-state index contributed by atoms with van der Waals surface area (Å²) >= 11 is 5.88. The molecule has 0 saturated heterocycles. The molecule has 3 aromatic rings. The van der Waals surface area contributed by atoms with Crippen molar-refractivity contribution in [3.63, 3.8) is 0 Å². The molecule has 3 N–H and O–H groups in total. The van der Waals surface area contributed by atoms with Gasteiger partial charge in [-0.2, -0.15) is 10.1 Å². The van der Waals surface area contributed by atoms with E-state index < -0.39 is 0 Å². The van der Waals surface area contributed by atoms with Gasteiger partial charge in [-0.25, -0.2) is 4.68 Å². The van der Waals surface area contributed by atoms with Crippen molar-refractivity contribution in [1.29, 1.82) is 5.41 Å². The van der Waals surface area contributed by atoms with Crippen molar-refractivity contribution in [2.75, 3.05) is 0 Å². The Bertz CT molecular complexity index is 1070. The fraction of sp³-hybridized carbons (Fsp3) is 0.211. The van der Waals surface area contributed by atoms with Crippen molar-refractivity contribution in [3.05, 3.63) is 80.4 Å². The summed E-state index contributed by atoms with van der Waals surface area (Å²) < 4.78 is 6.48. The lowest BCUT2D eigenvalue weighted by Crippen LogP contribution is -2.26. The molecule has 0 spiro atoms. The third-order valence-electron chi connectivity index (χ3n) is 4.28. The Labute approximate surface area is 166 Å². The number of aromatic nitrogens is 4. The van der Waals surface area contributed by atoms with Crippen molar-refractivity contribution in [3.8, 4) is 0 Å². The second-order valence-electron chi connectivity index (χ2n) is 6.14. The summed E-state index contributed by atoms with van der Waals surface area (Å²) in [5, 5.41) is 16.1. The summed E-state index contributed by atoms with van der Waals surface area (Å²) in [4.78, 5) is 16.9. The van der Waals surface area contributed by atoms with E-state index in [0.29, 0.717) is 39.9 Å². The Morgan fingerprint density at radius 1 is 1.32 bits per heavy atom. The van der Waals surface area contributed by atoms with Gasteiger partial charge in [0.1, 0.15) is 6.54 Å². The first-order valence-electron chi connectivity index (χ1n) is 8.57. The molecule has 0 fully saturated rings. The van der Waals surface area contributed by atoms with Crippen LogP contribution in [0, 0.1) is 12.3 Å². The summed E-state index contributed by atoms with van der Waals surface area (Å²) in [7, 11) is 0. The normalized spacial score (nSPS) is 11.6. The smallest absolute Gasteiger partial charge is 0.270 e. The van der Waals surface area contributed by atoms with Gasteiger partial charge in [0.2, 0.25) is 5.89 Å². The fourth-order valence-corrected chi connectivity index (χ4v) is 2.82. The average molecular weight is 399 g/mol. The summed E-state index contributed by atoms with van der Waals surface area (Å²) in [5.74, 6) is 0.859. The highest BCUT2D eigenvalue weighted by Gasteiger charge is 2.13. The number of benzene rings is 1. The van der Waals surface area contributed by atoms with E-state index in [1.54, 1.807) is 6.92 Å². The lowest BCUT2D eigenvalue weighted by atomic mass is 10.1. The maximum atomic E-state index is 12.5. The van der Waals surface area contributed by atoms with Gasteiger partial charge in [0.15, 0.2) is 5.82 Å². The first-order chi connectivity index (χ1) is 13.5. The van der Waals surface area contributed by atoms with Gasteiger partial charge in [0.05, 0.1) is 6.20 Å². The van der Waals surface area contributed by atoms with Gasteiger partial charge >= 0.3 is 0 Å². The second-order valence-corrected chi connectivity index (χ2v) is 6.58. The van der Waals surface area contributed by atoms with Gasteiger partial charge in [-0.1, -0.05) is 28.9 Å². The van der Waals surface area contributed by atoms with Crippen molar-refractivity contribution in [1.82, 2.24) is 19.9 Å². The molecule has 9 heteroatoms. The lowest BCUT2D eigenvalue weighted by molar-refractivity contribution is 0.358. The van der Waals surface area contributed by atoms with E-state index in [-0.39, 0.29) is 12.1 Å². The second kappa shape index (κ2) is 8.62. The highest BCUT2D eigenvalue weighted by atomic mass is 35.5. The van der Waals surface area contributed by atoms with E-state index in [4.69, 9.17) is 27.3 Å². The topological polar surface area (TPSA) is 124 Å².